The Balaban J connectivity index is 1.78. The zero-order valence-electron chi connectivity index (χ0n) is 17.8. The second-order valence-corrected chi connectivity index (χ2v) is 8.25. The van der Waals surface area contributed by atoms with Crippen molar-refractivity contribution in [2.75, 3.05) is 7.11 Å². The molecule has 9 heteroatoms. The van der Waals surface area contributed by atoms with E-state index in [0.717, 1.165) is 10.1 Å². The summed E-state index contributed by atoms with van der Waals surface area (Å²) in [6.45, 7) is 1.76. The number of fused-ring (bicyclic) bond motifs is 3. The van der Waals surface area contributed by atoms with E-state index in [1.165, 1.54) is 35.7 Å². The molecule has 0 radical (unpaired) electrons. The van der Waals surface area contributed by atoms with Crippen molar-refractivity contribution in [2.45, 2.75) is 31.8 Å². The van der Waals surface area contributed by atoms with Crippen LogP contribution in [-0.4, -0.2) is 37.7 Å². The minimum absolute atomic E-state index is 0.0965. The van der Waals surface area contributed by atoms with Crippen molar-refractivity contribution in [2.24, 2.45) is 7.05 Å². The van der Waals surface area contributed by atoms with Gasteiger partial charge in [-0.15, -0.1) is 0 Å². The summed E-state index contributed by atoms with van der Waals surface area (Å²) < 4.78 is 8.90. The summed E-state index contributed by atoms with van der Waals surface area (Å²) in [6.07, 6.45) is 3.31. The van der Waals surface area contributed by atoms with Crippen LogP contribution in [0.5, 0.6) is 11.5 Å². The van der Waals surface area contributed by atoms with Gasteiger partial charge in [-0.25, -0.2) is 23.5 Å². The Morgan fingerprint density at radius 3 is 2.56 bits per heavy atom. The van der Waals surface area contributed by atoms with Crippen molar-refractivity contribution >= 4 is 11.6 Å². The quantitative estimate of drug-likeness (QED) is 0.559. The molecule has 0 bridgehead atoms. The number of aromatic hydroxyl groups is 1. The van der Waals surface area contributed by atoms with Gasteiger partial charge >= 0.3 is 11.4 Å². The lowest BCUT2D eigenvalue weighted by molar-refractivity contribution is -0.116. The highest BCUT2D eigenvalue weighted by Gasteiger charge is 2.44. The Morgan fingerprint density at radius 2 is 1.88 bits per heavy atom. The van der Waals surface area contributed by atoms with E-state index in [1.54, 1.807) is 19.1 Å². The van der Waals surface area contributed by atoms with Crippen LogP contribution in [-0.2, 0) is 23.2 Å². The van der Waals surface area contributed by atoms with Crippen molar-refractivity contribution in [1.29, 1.82) is 0 Å². The number of allylic oxidation sites excluding steroid dienone is 6. The predicted octanol–water partition coefficient (Wildman–Crippen LogP) is 1.13. The second-order valence-electron chi connectivity index (χ2n) is 8.25. The molecule has 5 rings (SSSR count). The van der Waals surface area contributed by atoms with E-state index in [4.69, 9.17) is 4.74 Å². The third-order valence-corrected chi connectivity index (χ3v) is 6.56. The number of ether oxygens (including phenoxy) is 1. The fourth-order valence-corrected chi connectivity index (χ4v) is 5.03. The molecule has 1 aromatic heterocycles. The highest BCUT2D eigenvalue weighted by molar-refractivity contribution is 6.23. The maximum Gasteiger partial charge on any atom is 0.347 e. The van der Waals surface area contributed by atoms with Gasteiger partial charge in [-0.05, 0) is 36.3 Å². The normalized spacial score (nSPS) is 22.1. The molecule has 164 valence electrons. The molecule has 0 unspecified atom stereocenters. The lowest BCUT2D eigenvalue weighted by atomic mass is 9.68. The molecule has 0 fully saturated rings. The van der Waals surface area contributed by atoms with E-state index < -0.39 is 23.3 Å². The number of benzene rings is 1. The molecule has 0 amide bonds. The van der Waals surface area contributed by atoms with Crippen molar-refractivity contribution in [3.63, 3.8) is 0 Å². The van der Waals surface area contributed by atoms with Crippen LogP contribution in [0.2, 0.25) is 0 Å². The third-order valence-electron chi connectivity index (χ3n) is 6.56. The maximum atomic E-state index is 13.1. The molecule has 2 aromatic rings. The van der Waals surface area contributed by atoms with Gasteiger partial charge in [0.1, 0.15) is 0 Å². The number of phenolic OH excluding ortho intramolecular Hbond substituents is 1. The molecule has 1 aliphatic heterocycles. The van der Waals surface area contributed by atoms with Crippen LogP contribution in [0.25, 0.3) is 0 Å². The summed E-state index contributed by atoms with van der Waals surface area (Å²) in [5.74, 6) is -0.967. The molecular formula is C23H21N3O6. The largest absolute Gasteiger partial charge is 0.504 e. The number of rotatable bonds is 2. The summed E-state index contributed by atoms with van der Waals surface area (Å²) in [4.78, 5) is 51.6. The van der Waals surface area contributed by atoms with E-state index >= 15 is 0 Å². The molecule has 1 N–H and O–H groups in total. The van der Waals surface area contributed by atoms with E-state index in [9.17, 15) is 24.3 Å². The maximum absolute atomic E-state index is 13.1. The monoisotopic (exact) mass is 435 g/mol. The summed E-state index contributed by atoms with van der Waals surface area (Å²) in [7, 11) is 2.85. The number of methoxy groups -OCH3 is 1. The Labute approximate surface area is 182 Å². The first kappa shape index (κ1) is 20.0. The van der Waals surface area contributed by atoms with Gasteiger partial charge in [0.05, 0.1) is 19.7 Å². The Bertz CT molecular complexity index is 1430. The number of Topliss-reactive ketones (excluding diaryl/α,β-unsaturated/α-hetero) is 1. The Morgan fingerprint density at radius 1 is 1.12 bits per heavy atom. The number of carbonyl (C=O) groups is 2. The van der Waals surface area contributed by atoms with Gasteiger partial charge < -0.3 is 9.84 Å². The van der Waals surface area contributed by atoms with Crippen LogP contribution in [0.3, 0.4) is 0 Å². The van der Waals surface area contributed by atoms with Crippen LogP contribution in [0.15, 0.2) is 62.2 Å². The number of ketones is 2. The summed E-state index contributed by atoms with van der Waals surface area (Å²) in [5.41, 5.74) is 1.46. The second kappa shape index (κ2) is 6.81. The first-order valence-corrected chi connectivity index (χ1v) is 10.2. The Kier molecular flexibility index (Phi) is 4.27. The molecule has 1 aromatic carbocycles. The van der Waals surface area contributed by atoms with Gasteiger partial charge in [0.2, 0.25) is 0 Å². The van der Waals surface area contributed by atoms with Crippen molar-refractivity contribution in [3.05, 3.63) is 79.2 Å². The summed E-state index contributed by atoms with van der Waals surface area (Å²) in [5, 5.41) is 10.4. The fraction of sp³-hybridized carbons (Fsp3) is 0.304. The summed E-state index contributed by atoms with van der Waals surface area (Å²) in [6, 6.07) is 4.24. The highest BCUT2D eigenvalue weighted by Crippen LogP contribution is 2.50. The van der Waals surface area contributed by atoms with Crippen LogP contribution in [0, 0.1) is 0 Å². The third kappa shape index (κ3) is 2.57. The number of phenols is 1. The van der Waals surface area contributed by atoms with Crippen LogP contribution in [0.1, 0.15) is 30.9 Å². The van der Waals surface area contributed by atoms with Gasteiger partial charge in [-0.1, -0.05) is 12.1 Å². The van der Waals surface area contributed by atoms with Gasteiger partial charge in [0.15, 0.2) is 23.1 Å². The van der Waals surface area contributed by atoms with E-state index in [-0.39, 0.29) is 36.0 Å². The minimum Gasteiger partial charge on any atom is -0.504 e. The van der Waals surface area contributed by atoms with Gasteiger partial charge in [0, 0.05) is 36.1 Å². The van der Waals surface area contributed by atoms with E-state index in [2.05, 4.69) is 0 Å². The zero-order chi connectivity index (χ0) is 22.9. The Hall–Kier alpha value is -3.88. The van der Waals surface area contributed by atoms with Crippen molar-refractivity contribution in [3.8, 4) is 11.5 Å². The number of aromatic nitrogens is 3. The highest BCUT2D eigenvalue weighted by atomic mass is 16.5. The lowest BCUT2D eigenvalue weighted by Crippen LogP contribution is -2.40. The smallest absolute Gasteiger partial charge is 0.347 e. The summed E-state index contributed by atoms with van der Waals surface area (Å²) >= 11 is 0. The van der Waals surface area contributed by atoms with E-state index in [0.29, 0.717) is 22.3 Å². The minimum atomic E-state index is -0.641. The number of hydrogen-bond donors (Lipinski definition) is 1. The molecule has 0 saturated heterocycles. The fourth-order valence-electron chi connectivity index (χ4n) is 5.03. The average Bonchev–Trinajstić information content (AvgIpc) is 3.00. The average molecular weight is 435 g/mol. The molecule has 0 saturated carbocycles. The lowest BCUT2D eigenvalue weighted by Gasteiger charge is -2.39. The molecule has 32 heavy (non-hydrogen) atoms. The molecular weight excluding hydrogens is 414 g/mol. The molecule has 2 heterocycles. The van der Waals surface area contributed by atoms with Crippen molar-refractivity contribution in [1.82, 2.24) is 13.9 Å². The number of nitrogens with zero attached hydrogens (tertiary/aromatic N) is 3. The molecule has 3 aliphatic rings. The van der Waals surface area contributed by atoms with Gasteiger partial charge in [-0.3, -0.25) is 9.59 Å². The molecule has 2 aliphatic carbocycles. The zero-order valence-corrected chi connectivity index (χ0v) is 17.8. The molecule has 9 nitrogen and oxygen atoms in total. The first-order valence-electron chi connectivity index (χ1n) is 10.2. The molecule has 0 spiro atoms. The van der Waals surface area contributed by atoms with Crippen LogP contribution in [0.4, 0.5) is 0 Å². The number of hydrogen-bond acceptors (Lipinski definition) is 6. The molecule has 2 atom stereocenters. The van der Waals surface area contributed by atoms with Gasteiger partial charge in [-0.2, -0.15) is 0 Å². The number of carbonyl (C=O) groups excluding carboxylic acids is 2. The topological polar surface area (TPSA) is 113 Å². The van der Waals surface area contributed by atoms with Gasteiger partial charge in [0.25, 0.3) is 0 Å². The van der Waals surface area contributed by atoms with Crippen molar-refractivity contribution < 1.29 is 19.4 Å². The first-order chi connectivity index (χ1) is 15.2. The van der Waals surface area contributed by atoms with E-state index in [1.807, 2.05) is 6.08 Å². The predicted molar refractivity (Wildman–Crippen MR) is 114 cm³/mol. The SMILES string of the molecule is COc1ccc([C@H]2C3=CCn4c(=O)n(C)c(=O)n4[C@@H]3CC3=C2C(=O)C=C(C)C3=O)cc1O. The standard InChI is InChI=1S/C23H21N3O6/c1-11-8-17(28)20-14(21(11)29)10-15-13(6-7-25-22(30)24(2)23(31)26(15)25)19(20)12-4-5-18(32-3)16(27)9-12/h4-6,8-9,15,19,27H,7,10H2,1-3H3/t15-,19+/m1/s1. The van der Waals surface area contributed by atoms with Crippen LogP contribution >= 0.6 is 0 Å². The van der Waals surface area contributed by atoms with Crippen LogP contribution < -0.4 is 16.1 Å².